The summed E-state index contributed by atoms with van der Waals surface area (Å²) in [6.07, 6.45) is 0.211. The van der Waals surface area contributed by atoms with Crippen LogP contribution in [0.2, 0.25) is 0 Å². The van der Waals surface area contributed by atoms with Gasteiger partial charge in [0.2, 0.25) is 5.91 Å². The number of nitrogens with one attached hydrogen (secondary N) is 1. The number of anilines is 1. The van der Waals surface area contributed by atoms with Crippen molar-refractivity contribution >= 4 is 17.5 Å². The van der Waals surface area contributed by atoms with Gasteiger partial charge in [-0.25, -0.2) is 0 Å². The zero-order valence-corrected chi connectivity index (χ0v) is 10.8. The second-order valence-electron chi connectivity index (χ2n) is 4.71. The first kappa shape index (κ1) is 12.4. The van der Waals surface area contributed by atoms with E-state index in [-0.39, 0.29) is 24.2 Å². The topological polar surface area (TPSA) is 49.4 Å². The molecule has 0 saturated carbocycles. The number of benzene rings is 2. The number of rotatable bonds is 3. The van der Waals surface area contributed by atoms with Crippen LogP contribution in [0, 0.1) is 0 Å². The zero-order chi connectivity index (χ0) is 13.9. The average Bonchev–Trinajstić information content (AvgIpc) is 2.77. The van der Waals surface area contributed by atoms with E-state index in [2.05, 4.69) is 5.43 Å². The Morgan fingerprint density at radius 2 is 1.50 bits per heavy atom. The predicted octanol–water partition coefficient (Wildman–Crippen LogP) is 2.56. The van der Waals surface area contributed by atoms with Gasteiger partial charge >= 0.3 is 0 Å². The monoisotopic (exact) mass is 266 g/mol. The Labute approximate surface area is 117 Å². The minimum Gasteiger partial charge on any atom is -0.289 e. The minimum absolute atomic E-state index is 0.201. The third-order valence-electron chi connectivity index (χ3n) is 3.36. The number of hydrazine groups is 1. The summed E-state index contributed by atoms with van der Waals surface area (Å²) < 4.78 is 0. The van der Waals surface area contributed by atoms with Gasteiger partial charge in [-0.3, -0.25) is 15.0 Å². The first-order valence-corrected chi connectivity index (χ1v) is 6.49. The molecule has 2 amide bonds. The lowest BCUT2D eigenvalue weighted by molar-refractivity contribution is -0.137. The smallest absolute Gasteiger partial charge is 0.256 e. The van der Waals surface area contributed by atoms with E-state index < -0.39 is 0 Å². The summed E-state index contributed by atoms with van der Waals surface area (Å²) >= 11 is 0. The number of hydrogen-bond donors (Lipinski definition) is 1. The molecule has 20 heavy (non-hydrogen) atoms. The highest BCUT2D eigenvalue weighted by Crippen LogP contribution is 2.29. The van der Waals surface area contributed by atoms with E-state index in [1.54, 1.807) is 0 Å². The SMILES string of the molecule is O=C1C[C@@H](c2ccccc2)C(=O)N1Nc1ccccc1. The van der Waals surface area contributed by atoms with E-state index in [1.165, 1.54) is 0 Å². The molecular weight excluding hydrogens is 252 g/mol. The molecule has 4 heteroatoms. The molecule has 1 heterocycles. The fourth-order valence-electron chi connectivity index (χ4n) is 2.34. The van der Waals surface area contributed by atoms with Crippen molar-refractivity contribution in [3.05, 3.63) is 66.2 Å². The van der Waals surface area contributed by atoms with Crippen molar-refractivity contribution in [2.75, 3.05) is 5.43 Å². The van der Waals surface area contributed by atoms with E-state index >= 15 is 0 Å². The van der Waals surface area contributed by atoms with Gasteiger partial charge < -0.3 is 0 Å². The normalized spacial score (nSPS) is 18.4. The Bertz CT molecular complexity index is 625. The van der Waals surface area contributed by atoms with E-state index in [9.17, 15) is 9.59 Å². The highest BCUT2D eigenvalue weighted by atomic mass is 16.2. The highest BCUT2D eigenvalue weighted by molar-refractivity contribution is 6.07. The molecule has 0 radical (unpaired) electrons. The van der Waals surface area contributed by atoms with Crippen LogP contribution in [0.5, 0.6) is 0 Å². The van der Waals surface area contributed by atoms with Crippen molar-refractivity contribution in [1.82, 2.24) is 5.01 Å². The van der Waals surface area contributed by atoms with Crippen LogP contribution in [0.1, 0.15) is 17.9 Å². The van der Waals surface area contributed by atoms with Gasteiger partial charge in [-0.05, 0) is 17.7 Å². The van der Waals surface area contributed by atoms with Gasteiger partial charge in [0, 0.05) is 6.42 Å². The molecule has 100 valence electrons. The zero-order valence-electron chi connectivity index (χ0n) is 10.8. The lowest BCUT2D eigenvalue weighted by atomic mass is 9.98. The lowest BCUT2D eigenvalue weighted by Crippen LogP contribution is -2.35. The summed E-state index contributed by atoms with van der Waals surface area (Å²) in [5.41, 5.74) is 4.48. The number of hydrogen-bond acceptors (Lipinski definition) is 3. The molecule has 3 rings (SSSR count). The van der Waals surface area contributed by atoms with Crippen molar-refractivity contribution < 1.29 is 9.59 Å². The molecule has 0 aromatic heterocycles. The molecule has 0 unspecified atom stereocenters. The van der Waals surface area contributed by atoms with Gasteiger partial charge in [-0.1, -0.05) is 48.5 Å². The molecule has 1 aliphatic heterocycles. The molecule has 1 atom stereocenters. The van der Waals surface area contributed by atoms with Crippen LogP contribution in [-0.2, 0) is 9.59 Å². The molecule has 1 N–H and O–H groups in total. The van der Waals surface area contributed by atoms with Crippen LogP contribution in [0.4, 0.5) is 5.69 Å². The maximum atomic E-state index is 12.4. The lowest BCUT2D eigenvalue weighted by Gasteiger charge is -2.17. The number of para-hydroxylation sites is 1. The van der Waals surface area contributed by atoms with Gasteiger partial charge in [0.1, 0.15) is 0 Å². The second-order valence-corrected chi connectivity index (χ2v) is 4.71. The summed E-state index contributed by atoms with van der Waals surface area (Å²) in [4.78, 5) is 24.4. The van der Waals surface area contributed by atoms with E-state index in [4.69, 9.17) is 0 Å². The fourth-order valence-corrected chi connectivity index (χ4v) is 2.34. The van der Waals surface area contributed by atoms with Gasteiger partial charge in [0.25, 0.3) is 5.91 Å². The number of amides is 2. The van der Waals surface area contributed by atoms with Crippen LogP contribution >= 0.6 is 0 Å². The predicted molar refractivity (Wildman–Crippen MR) is 75.7 cm³/mol. The molecular formula is C16H14N2O2. The molecule has 1 saturated heterocycles. The van der Waals surface area contributed by atoms with Crippen molar-refractivity contribution in [3.8, 4) is 0 Å². The number of imide groups is 1. The van der Waals surface area contributed by atoms with Gasteiger partial charge in [-0.2, -0.15) is 5.01 Å². The quantitative estimate of drug-likeness (QED) is 0.869. The summed E-state index contributed by atoms with van der Waals surface area (Å²) in [6.45, 7) is 0. The van der Waals surface area contributed by atoms with Gasteiger partial charge in [0.05, 0.1) is 11.6 Å². The summed E-state index contributed by atoms with van der Waals surface area (Å²) in [7, 11) is 0. The molecule has 0 aliphatic carbocycles. The fraction of sp³-hybridized carbons (Fsp3) is 0.125. The van der Waals surface area contributed by atoms with Gasteiger partial charge in [-0.15, -0.1) is 0 Å². The maximum Gasteiger partial charge on any atom is 0.256 e. The number of nitrogens with zero attached hydrogens (tertiary/aromatic N) is 1. The third kappa shape index (κ3) is 2.28. The largest absolute Gasteiger partial charge is 0.289 e. The molecule has 1 aliphatic rings. The summed E-state index contributed by atoms with van der Waals surface area (Å²) in [5.74, 6) is -0.794. The highest BCUT2D eigenvalue weighted by Gasteiger charge is 2.39. The Balaban J connectivity index is 1.81. The molecule has 1 fully saturated rings. The van der Waals surface area contributed by atoms with Crippen molar-refractivity contribution in [1.29, 1.82) is 0 Å². The molecule has 2 aromatic rings. The van der Waals surface area contributed by atoms with Crippen molar-refractivity contribution in [3.63, 3.8) is 0 Å². The van der Waals surface area contributed by atoms with Crippen LogP contribution in [0.3, 0.4) is 0 Å². The van der Waals surface area contributed by atoms with E-state index in [0.717, 1.165) is 16.3 Å². The Kier molecular flexibility index (Phi) is 3.21. The second kappa shape index (κ2) is 5.17. The van der Waals surface area contributed by atoms with E-state index in [1.807, 2.05) is 60.7 Å². The summed E-state index contributed by atoms with van der Waals surface area (Å²) in [6, 6.07) is 18.6. The number of carbonyl (C=O) groups is 2. The Morgan fingerprint density at radius 3 is 2.15 bits per heavy atom. The molecule has 0 bridgehead atoms. The van der Waals surface area contributed by atoms with Crippen LogP contribution in [0.25, 0.3) is 0 Å². The molecule has 2 aromatic carbocycles. The number of carbonyl (C=O) groups excluding carboxylic acids is 2. The van der Waals surface area contributed by atoms with Crippen molar-refractivity contribution in [2.45, 2.75) is 12.3 Å². The standard InChI is InChI=1S/C16H14N2O2/c19-15-11-14(12-7-3-1-4-8-12)16(20)18(15)17-13-9-5-2-6-10-13/h1-10,14,17H,11H2/t14-/m0/s1. The Morgan fingerprint density at radius 1 is 0.900 bits per heavy atom. The average molecular weight is 266 g/mol. The van der Waals surface area contributed by atoms with Crippen molar-refractivity contribution in [2.24, 2.45) is 0 Å². The summed E-state index contributed by atoms with van der Waals surface area (Å²) in [5, 5.41) is 1.12. The molecule has 4 nitrogen and oxygen atoms in total. The van der Waals surface area contributed by atoms with Gasteiger partial charge in [0.15, 0.2) is 0 Å². The van der Waals surface area contributed by atoms with E-state index in [0.29, 0.717) is 0 Å². The maximum absolute atomic E-state index is 12.4. The molecule has 0 spiro atoms. The third-order valence-corrected chi connectivity index (χ3v) is 3.36. The minimum atomic E-state index is -0.389. The van der Waals surface area contributed by atoms with Crippen LogP contribution in [0.15, 0.2) is 60.7 Å². The first-order chi connectivity index (χ1) is 9.75. The Hall–Kier alpha value is -2.62. The van der Waals surface area contributed by atoms with Crippen LogP contribution < -0.4 is 5.43 Å². The first-order valence-electron chi connectivity index (χ1n) is 6.49. The van der Waals surface area contributed by atoms with Crippen LogP contribution in [-0.4, -0.2) is 16.8 Å².